The summed E-state index contributed by atoms with van der Waals surface area (Å²) in [6.45, 7) is -2.98. The molecule has 1 fully saturated rings. The number of carbonyl (C=O) groups excluding carboxylic acids is 1. The fourth-order valence-corrected chi connectivity index (χ4v) is 3.54. The van der Waals surface area contributed by atoms with Crippen LogP contribution in [0.2, 0.25) is 0 Å². The van der Waals surface area contributed by atoms with Crippen molar-refractivity contribution in [3.05, 3.63) is 24.2 Å². The van der Waals surface area contributed by atoms with E-state index in [1.54, 1.807) is 13.1 Å². The molecule has 4 heterocycles. The quantitative estimate of drug-likeness (QED) is 0.571. The monoisotopic (exact) mass is 432 g/mol. The average Bonchev–Trinajstić information content (AvgIpc) is 3.15. The summed E-state index contributed by atoms with van der Waals surface area (Å²) in [5.41, 5.74) is 1.92. The first-order valence-electron chi connectivity index (χ1n) is 9.58. The topological polar surface area (TPSA) is 128 Å². The van der Waals surface area contributed by atoms with Crippen LogP contribution < -0.4 is 20.7 Å². The summed E-state index contributed by atoms with van der Waals surface area (Å²) in [5.74, 6) is -0.115. The number of hydrogen-bond donors (Lipinski definition) is 3. The molecule has 3 aromatic rings. The maximum absolute atomic E-state index is 12.9. The third-order valence-electron chi connectivity index (χ3n) is 5.23. The highest BCUT2D eigenvalue weighted by atomic mass is 19.3. The molecule has 0 aromatic carbocycles. The third-order valence-corrected chi connectivity index (χ3v) is 5.23. The fourth-order valence-electron chi connectivity index (χ4n) is 3.54. The van der Waals surface area contributed by atoms with Gasteiger partial charge in [-0.3, -0.25) is 0 Å². The highest BCUT2D eigenvalue weighted by Gasteiger charge is 2.34. The second-order valence-corrected chi connectivity index (χ2v) is 7.13. The van der Waals surface area contributed by atoms with Gasteiger partial charge in [-0.2, -0.15) is 8.78 Å². The molecule has 162 valence electrons. The number of fused-ring (bicyclic) bond motifs is 4. The molecule has 5 rings (SSSR count). The zero-order valence-electron chi connectivity index (χ0n) is 16.3. The predicted octanol–water partition coefficient (Wildman–Crippen LogP) is 2.23. The summed E-state index contributed by atoms with van der Waals surface area (Å²) in [4.78, 5) is 21.6. The number of imidazole rings is 1. The predicted molar refractivity (Wildman–Crippen MR) is 105 cm³/mol. The van der Waals surface area contributed by atoms with E-state index in [2.05, 4.69) is 40.9 Å². The number of alkyl halides is 2. The van der Waals surface area contributed by atoms with Gasteiger partial charge in [-0.25, -0.2) is 19.3 Å². The van der Waals surface area contributed by atoms with E-state index >= 15 is 0 Å². The number of amides is 1. The molecule has 11 nitrogen and oxygen atoms in total. The minimum Gasteiger partial charge on any atom is -0.413 e. The van der Waals surface area contributed by atoms with Gasteiger partial charge in [0.1, 0.15) is 23.3 Å². The van der Waals surface area contributed by atoms with Crippen LogP contribution in [0.5, 0.6) is 5.88 Å². The molecule has 31 heavy (non-hydrogen) atoms. The lowest BCUT2D eigenvalue weighted by atomic mass is 9.89. The molecule has 3 aromatic heterocycles. The van der Waals surface area contributed by atoms with E-state index in [4.69, 9.17) is 4.74 Å². The lowest BCUT2D eigenvalue weighted by molar-refractivity contribution is -0.0532. The maximum Gasteiger partial charge on any atom is 0.388 e. The molecule has 0 spiro atoms. The van der Waals surface area contributed by atoms with Crippen molar-refractivity contribution in [1.82, 2.24) is 30.0 Å². The van der Waals surface area contributed by atoms with Gasteiger partial charge in [0.2, 0.25) is 0 Å². The van der Waals surface area contributed by atoms with Crippen LogP contribution in [0.4, 0.5) is 30.8 Å². The second kappa shape index (κ2) is 7.58. The molecule has 4 bridgehead atoms. The van der Waals surface area contributed by atoms with Crippen LogP contribution >= 0.6 is 0 Å². The molecular weight excluding hydrogens is 414 g/mol. The minimum atomic E-state index is -3.08. The van der Waals surface area contributed by atoms with E-state index in [0.717, 1.165) is 12.8 Å². The Kier molecular flexibility index (Phi) is 4.73. The molecule has 0 radical (unpaired) electrons. The van der Waals surface area contributed by atoms with Crippen molar-refractivity contribution in [3.8, 4) is 5.88 Å². The van der Waals surface area contributed by atoms with E-state index < -0.39 is 6.61 Å². The summed E-state index contributed by atoms with van der Waals surface area (Å²) >= 11 is 0. The van der Waals surface area contributed by atoms with E-state index in [9.17, 15) is 13.6 Å². The Morgan fingerprint density at radius 3 is 2.94 bits per heavy atom. The van der Waals surface area contributed by atoms with E-state index in [1.807, 2.05) is 0 Å². The average molecular weight is 432 g/mol. The molecule has 3 N–H and O–H groups in total. The van der Waals surface area contributed by atoms with E-state index in [0.29, 0.717) is 22.5 Å². The van der Waals surface area contributed by atoms with Crippen LogP contribution in [0, 0.1) is 0 Å². The minimum absolute atomic E-state index is 0.0955. The molecule has 2 atom stereocenters. The van der Waals surface area contributed by atoms with Crippen molar-refractivity contribution in [2.45, 2.75) is 38.2 Å². The zero-order valence-corrected chi connectivity index (χ0v) is 16.3. The molecule has 1 aliphatic carbocycles. The Morgan fingerprint density at radius 2 is 2.19 bits per heavy atom. The molecule has 1 saturated carbocycles. The van der Waals surface area contributed by atoms with Crippen molar-refractivity contribution in [2.75, 3.05) is 17.7 Å². The van der Waals surface area contributed by atoms with Crippen molar-refractivity contribution in [3.63, 3.8) is 0 Å². The third kappa shape index (κ3) is 3.56. The summed E-state index contributed by atoms with van der Waals surface area (Å²) in [6.07, 6.45) is 2.72. The fraction of sp³-hybridized carbons (Fsp3) is 0.389. The van der Waals surface area contributed by atoms with Crippen LogP contribution in [0.25, 0.3) is 11.2 Å². The van der Waals surface area contributed by atoms with Crippen molar-refractivity contribution in [1.29, 1.82) is 0 Å². The lowest BCUT2D eigenvalue weighted by Crippen LogP contribution is -2.52. The Morgan fingerprint density at radius 1 is 1.32 bits per heavy atom. The summed E-state index contributed by atoms with van der Waals surface area (Å²) in [5, 5.41) is 16.5. The molecule has 0 saturated heterocycles. The van der Waals surface area contributed by atoms with E-state index in [1.165, 1.54) is 17.0 Å². The number of pyridine rings is 1. The first-order chi connectivity index (χ1) is 15.0. The van der Waals surface area contributed by atoms with Gasteiger partial charge in [0.05, 0.1) is 30.1 Å². The van der Waals surface area contributed by atoms with Gasteiger partial charge in [-0.05, 0) is 18.9 Å². The zero-order chi connectivity index (χ0) is 21.5. The number of nitrogens with one attached hydrogen (secondary N) is 3. The number of rotatable bonds is 3. The Balaban J connectivity index is 1.64. The van der Waals surface area contributed by atoms with Crippen LogP contribution in [0.1, 0.15) is 18.5 Å². The number of anilines is 3. The Hall–Kier alpha value is -3.61. The van der Waals surface area contributed by atoms with E-state index in [-0.39, 0.29) is 42.2 Å². The van der Waals surface area contributed by atoms with Gasteiger partial charge in [-0.15, -0.1) is 10.2 Å². The first kappa shape index (κ1) is 19.4. The molecule has 1 amide bonds. The van der Waals surface area contributed by atoms with Crippen LogP contribution in [0.15, 0.2) is 18.5 Å². The normalized spacial score (nSPS) is 20.5. The van der Waals surface area contributed by atoms with Crippen LogP contribution in [0.3, 0.4) is 0 Å². The molecular formula is C18H18F2N8O3. The summed E-state index contributed by atoms with van der Waals surface area (Å²) < 4.78 is 37.4. The van der Waals surface area contributed by atoms with Gasteiger partial charge < -0.3 is 25.4 Å². The summed E-state index contributed by atoms with van der Waals surface area (Å²) in [7, 11) is 1.70. The van der Waals surface area contributed by atoms with Gasteiger partial charge in [0, 0.05) is 13.1 Å². The second-order valence-electron chi connectivity index (χ2n) is 7.13. The van der Waals surface area contributed by atoms with Gasteiger partial charge in [0.15, 0.2) is 5.65 Å². The number of halogens is 2. The Labute approximate surface area is 174 Å². The Bertz CT molecular complexity index is 1150. The van der Waals surface area contributed by atoms with Crippen molar-refractivity contribution >= 4 is 34.4 Å². The standard InChI is InChI=1S/C18H18F2N8O3/c1-21-10-5-13-23-11-4-8(26-27-16(11)31-17(19)20)6-30-12-3-2-9(12)24-18(29)28-7-22-14(10)15(28)25-13/h4-5,7,9,12,17H,2-3,6H2,1H3,(H,24,29)(H2,21,23,25)/t9-,12-/m1/s1. The first-order valence-corrected chi connectivity index (χ1v) is 9.58. The SMILES string of the molecule is CNc1cc2nc3c1ncn3C(=O)N[C@@H]1CC[C@H]1OCc1cc(c(OC(F)F)nn1)N2. The van der Waals surface area contributed by atoms with Gasteiger partial charge in [0.25, 0.3) is 5.88 Å². The number of nitrogens with zero attached hydrogens (tertiary/aromatic N) is 5. The highest BCUT2D eigenvalue weighted by molar-refractivity contribution is 5.94. The molecule has 2 aliphatic rings. The number of ether oxygens (including phenoxy) is 2. The molecule has 0 unspecified atom stereocenters. The lowest BCUT2D eigenvalue weighted by Gasteiger charge is -2.36. The van der Waals surface area contributed by atoms with Crippen molar-refractivity contribution in [2.24, 2.45) is 0 Å². The highest BCUT2D eigenvalue weighted by Crippen LogP contribution is 2.31. The van der Waals surface area contributed by atoms with Crippen LogP contribution in [-0.2, 0) is 11.3 Å². The van der Waals surface area contributed by atoms with Crippen LogP contribution in [-0.4, -0.2) is 56.6 Å². The van der Waals surface area contributed by atoms with Gasteiger partial charge >= 0.3 is 12.6 Å². The number of aromatic nitrogens is 5. The molecule has 1 aliphatic heterocycles. The van der Waals surface area contributed by atoms with Gasteiger partial charge in [-0.1, -0.05) is 0 Å². The smallest absolute Gasteiger partial charge is 0.388 e. The number of hydrogen-bond acceptors (Lipinski definition) is 9. The number of carbonyl (C=O) groups is 1. The summed E-state index contributed by atoms with van der Waals surface area (Å²) in [6, 6.07) is 2.59. The van der Waals surface area contributed by atoms with Crippen molar-refractivity contribution < 1.29 is 23.0 Å². The molecule has 13 heteroatoms. The largest absolute Gasteiger partial charge is 0.413 e. The maximum atomic E-state index is 12.9.